The van der Waals surface area contributed by atoms with Crippen LogP contribution in [0.2, 0.25) is 0 Å². The van der Waals surface area contributed by atoms with Crippen LogP contribution in [0.1, 0.15) is 459 Å². The Morgan fingerprint density at radius 3 is 0.758 bits per heavy atom. The van der Waals surface area contributed by atoms with Gasteiger partial charge >= 0.3 is 0 Å². The molecule has 0 aromatic rings. The van der Waals surface area contributed by atoms with Crippen molar-refractivity contribution in [3.8, 4) is 0 Å². The molecule has 0 spiro atoms. The molecule has 1 aliphatic carbocycles. The van der Waals surface area contributed by atoms with Crippen LogP contribution < -0.4 is 80.6 Å². The van der Waals surface area contributed by atoms with E-state index < -0.39 is 28.9 Å². The molecule has 15 amide bonds. The first-order valence-electron chi connectivity index (χ1n) is 41.3. The summed E-state index contributed by atoms with van der Waals surface area (Å²) in [7, 11) is 1.61. The zero-order chi connectivity index (χ0) is 98.0. The molecule has 0 aromatic heterocycles. The lowest BCUT2D eigenvalue weighted by molar-refractivity contribution is -0.129. The Kier molecular flexibility index (Phi) is 146. The van der Waals surface area contributed by atoms with Gasteiger partial charge in [0.05, 0.1) is 24.3 Å². The molecule has 1 fully saturated rings. The van der Waals surface area contributed by atoms with Crippen molar-refractivity contribution in [3.05, 3.63) is 0 Å². The quantitative estimate of drug-likeness (QED) is 0.0507. The fourth-order valence-corrected chi connectivity index (χ4v) is 8.62. The molecule has 0 radical (unpaired) electrons. The molecule has 0 heterocycles. The van der Waals surface area contributed by atoms with Crippen LogP contribution >= 0.6 is 0 Å². The SMILES string of the molecule is C.C.C.C.C.C.C.C.C.C.C.C.C.CC(=O)NC(C)(C)C.CC(=O)NC(C)(C)C(N)=O.CC(=O)NC(C)(C)CO.CC(=O)NC(C)C.CC(=O)NC1CCCCC1.CC(=O)N[C@@H](C)C(C)(C)C.CC(=O)N[C@H](C)C(C)(C)C.CC(=O)N[C@H](C)C(N)=O.CCC(C)(C)NC(C)=O.CCC(C)(CC)NC(C)=O.CCNC(C)=O.CC[C@@H](NC(C)=O)C(C)(C)C.COCC(C)(C)NC(C)=O. The van der Waals surface area contributed by atoms with Gasteiger partial charge in [0.15, 0.2) is 0 Å². The van der Waals surface area contributed by atoms with Crippen LogP contribution in [0.3, 0.4) is 0 Å². The van der Waals surface area contributed by atoms with Gasteiger partial charge in [0, 0.05) is 150 Å². The highest BCUT2D eigenvalue weighted by molar-refractivity contribution is 5.89. The van der Waals surface area contributed by atoms with Crippen molar-refractivity contribution in [2.45, 2.75) is 528 Å². The Labute approximate surface area is 818 Å². The molecule has 0 unspecified atom stereocenters. The van der Waals surface area contributed by atoms with E-state index in [4.69, 9.17) is 21.3 Å². The number of carbonyl (C=O) groups excluding carboxylic acids is 15. The molecule has 0 saturated heterocycles. The number of nitrogens with two attached hydrogens (primary N) is 2. The van der Waals surface area contributed by atoms with E-state index in [0.29, 0.717) is 18.7 Å². The maximum absolute atomic E-state index is 10.7. The van der Waals surface area contributed by atoms with Crippen LogP contribution in [0.15, 0.2) is 0 Å². The predicted octanol–water partition coefficient (Wildman–Crippen LogP) is 18.2. The minimum absolute atomic E-state index is 0. The third kappa shape index (κ3) is 168. The van der Waals surface area contributed by atoms with Crippen molar-refractivity contribution in [3.63, 3.8) is 0 Å². The second kappa shape index (κ2) is 100. The minimum Gasteiger partial charge on any atom is -0.394 e. The number of hydrogen-bond donors (Lipinski definition) is 16. The van der Waals surface area contributed by atoms with Gasteiger partial charge in [-0.2, -0.15) is 0 Å². The van der Waals surface area contributed by atoms with Crippen LogP contribution in [0.4, 0.5) is 0 Å². The summed E-state index contributed by atoms with van der Waals surface area (Å²) in [5.41, 5.74) is 8.50. The molecule has 4 atom stereocenters. The largest absolute Gasteiger partial charge is 0.394 e. The predicted molar refractivity (Wildman–Crippen MR) is 573 cm³/mol. The van der Waals surface area contributed by atoms with Crippen molar-refractivity contribution in [2.24, 2.45) is 27.7 Å². The number of nitrogens with one attached hydrogen (secondary N) is 13. The summed E-state index contributed by atoms with van der Waals surface area (Å²) in [5.74, 6) is -1.24. The van der Waals surface area contributed by atoms with Crippen molar-refractivity contribution >= 4 is 88.6 Å². The van der Waals surface area contributed by atoms with E-state index in [0.717, 1.165) is 32.2 Å². The Bertz CT molecular complexity index is 2790. The van der Waals surface area contributed by atoms with Gasteiger partial charge in [-0.15, -0.1) is 0 Å². The van der Waals surface area contributed by atoms with Gasteiger partial charge in [0.2, 0.25) is 88.6 Å². The number of rotatable bonds is 21. The lowest BCUT2D eigenvalue weighted by Crippen LogP contribution is -2.52. The minimum atomic E-state index is -0.939. The third-order valence-electron chi connectivity index (χ3n) is 16.1. The molecular weight excluding hydrogens is 1680 g/mol. The number of aliphatic hydroxyl groups is 1. The summed E-state index contributed by atoms with van der Waals surface area (Å²) in [5, 5.41) is 44.0. The van der Waals surface area contributed by atoms with Crippen molar-refractivity contribution in [1.82, 2.24) is 69.1 Å². The van der Waals surface area contributed by atoms with Crippen molar-refractivity contribution in [2.75, 3.05) is 26.9 Å². The lowest BCUT2D eigenvalue weighted by atomic mass is 9.85. The molecule has 1 aliphatic rings. The Balaban J connectivity index is -0.0000000406. The van der Waals surface area contributed by atoms with Gasteiger partial charge < -0.3 is 90.4 Å². The fourth-order valence-electron chi connectivity index (χ4n) is 8.62. The topological polar surface area (TPSA) is 494 Å². The maximum Gasteiger partial charge on any atom is 0.242 e. The zero-order valence-electron chi connectivity index (χ0n) is 83.6. The molecule has 812 valence electrons. The van der Waals surface area contributed by atoms with Gasteiger partial charge in [-0.1, -0.05) is 206 Å². The van der Waals surface area contributed by atoms with Crippen LogP contribution in [0.25, 0.3) is 0 Å². The monoisotopic (exact) mass is 1920 g/mol. The molecule has 18 N–H and O–H groups in total. The molecule has 132 heavy (non-hydrogen) atoms. The second-order valence-corrected chi connectivity index (χ2v) is 36.6. The molecule has 32 nitrogen and oxygen atoms in total. The lowest BCUT2D eigenvalue weighted by Gasteiger charge is -2.30. The summed E-state index contributed by atoms with van der Waals surface area (Å²) in [6.07, 6.45) is 10.2. The average molecular weight is 1920 g/mol. The van der Waals surface area contributed by atoms with Crippen LogP contribution in [0, 0.1) is 16.2 Å². The molecule has 32 heteroatoms. The number of amides is 15. The molecule has 0 aliphatic heterocycles. The van der Waals surface area contributed by atoms with E-state index in [2.05, 4.69) is 166 Å². The third-order valence-corrected chi connectivity index (χ3v) is 16.1. The van der Waals surface area contributed by atoms with Crippen LogP contribution in [-0.4, -0.2) is 190 Å². The number of hydrogen-bond acceptors (Lipinski definition) is 17. The van der Waals surface area contributed by atoms with E-state index in [1.54, 1.807) is 69.4 Å². The first kappa shape index (κ1) is 191. The highest BCUT2D eigenvalue weighted by atomic mass is 16.5. The zero-order valence-corrected chi connectivity index (χ0v) is 83.6. The van der Waals surface area contributed by atoms with Crippen molar-refractivity contribution < 1.29 is 81.8 Å². The smallest absolute Gasteiger partial charge is 0.242 e. The standard InChI is InChI=1S/C9H19NO.C8H15NO.3C8H17NO.C7H15NO2.C7H15NO.C6H12N2O2.C6H13NO2.C6H13NO.C5H10N2O2.C5H11NO.C4H9NO.13CH4/c1-6-8(9(3,4)5)10-7(2)11;1-7(10)9-8-5-3-2-4-6-8;2*1-6(8(3,4)5)9-7(2)10;1-5-8(4,6-2)9-7(3)10;1-6(9)8-7(2,3)5-10-4;1-5-7(3,4)8-6(2)9;1-4(9)8-6(2,3)5(7)10;1-5(9)7-6(2,3)4-8;1-5(8)7-6(2,3)4;1-3(5(6)9)7-4(2)8;1-4(2)6-5(3)7;1-3-5-4(2)6;;;;;;;;;;;;;/h8H,6H2,1-5H3,(H,10,11);8H,2-6H2,1H3,(H,9,10);2*6H,1-5H3,(H,9,10);5-6H2,1-4H3,(H,9,10);5H2,1-4H3,(H,8,9);5H2,1-4H3,(H,8,9);1-3H3,(H2,7,10)(H,8,9);8H,4H2,1-3H3,(H,7,9);1-4H3,(H,7,8);3H,1-2H3,(H2,6,9)(H,7,8);4H,1-3H3,(H,6,7);3H2,1-2H3,(H,5,6);13*1H4/t8-;;2*6-;;;;;;;3-;;;;;;;;;;;;;;;/m1.10......1.............../s1. The van der Waals surface area contributed by atoms with E-state index in [-0.39, 0.29) is 236 Å². The van der Waals surface area contributed by atoms with Crippen LogP contribution in [0.5, 0.6) is 0 Å². The van der Waals surface area contributed by atoms with Gasteiger partial charge in [0.1, 0.15) is 11.6 Å². The first-order valence-corrected chi connectivity index (χ1v) is 41.3. The first-order chi connectivity index (χ1) is 53.0. The maximum atomic E-state index is 10.7. The highest BCUT2D eigenvalue weighted by Crippen LogP contribution is 2.22. The number of carbonyl (C=O) groups is 15. The van der Waals surface area contributed by atoms with Crippen molar-refractivity contribution in [1.29, 1.82) is 0 Å². The number of methoxy groups -OCH3 is 1. The highest BCUT2D eigenvalue weighted by Gasteiger charge is 2.27. The summed E-state index contributed by atoms with van der Waals surface area (Å²) in [6, 6.07) is 0.959. The van der Waals surface area contributed by atoms with E-state index in [1.165, 1.54) is 94.4 Å². The molecule has 0 aromatic carbocycles. The second-order valence-electron chi connectivity index (χ2n) is 36.6. The van der Waals surface area contributed by atoms with Gasteiger partial charge in [0.25, 0.3) is 0 Å². The Morgan fingerprint density at radius 2 is 0.644 bits per heavy atom. The van der Waals surface area contributed by atoms with E-state index in [1.807, 2.05) is 83.1 Å². The molecular formula is C100H235N15O17. The molecule has 0 bridgehead atoms. The fraction of sp³-hybridized carbons (Fsp3) is 0.850. The number of aliphatic hydroxyl groups excluding tert-OH is 1. The molecule has 1 saturated carbocycles. The van der Waals surface area contributed by atoms with Crippen LogP contribution in [-0.2, 0) is 76.7 Å². The summed E-state index contributed by atoms with van der Waals surface area (Å²) >= 11 is 0. The number of primary amides is 2. The van der Waals surface area contributed by atoms with Gasteiger partial charge in [-0.3, -0.25) is 71.9 Å². The summed E-state index contributed by atoms with van der Waals surface area (Å²) in [6.45, 7) is 81.8. The number of ether oxygens (including phenoxy) is 1. The summed E-state index contributed by atoms with van der Waals surface area (Å²) in [4.78, 5) is 157. The van der Waals surface area contributed by atoms with E-state index in [9.17, 15) is 71.9 Å². The Morgan fingerprint density at radius 1 is 0.348 bits per heavy atom. The van der Waals surface area contributed by atoms with Gasteiger partial charge in [-0.25, -0.2) is 0 Å². The van der Waals surface area contributed by atoms with Gasteiger partial charge in [-0.05, 0) is 179 Å². The van der Waals surface area contributed by atoms with E-state index >= 15 is 0 Å². The average Bonchev–Trinajstić information content (AvgIpc) is 0.882. The molecule has 1 rings (SSSR count). The Hall–Kier alpha value is -8.03. The summed E-state index contributed by atoms with van der Waals surface area (Å²) < 4.78 is 4.89. The normalized spacial score (nSPS) is 11.3.